The van der Waals surface area contributed by atoms with Gasteiger partial charge in [0.05, 0.1) is 6.10 Å². The molecule has 2 rings (SSSR count). The van der Waals surface area contributed by atoms with Crippen LogP contribution < -0.4 is 9.47 Å². The molecular weight excluding hydrogens is 268 g/mol. The number of aromatic hydroxyl groups is 1. The lowest BCUT2D eigenvalue weighted by Crippen LogP contribution is -2.06. The van der Waals surface area contributed by atoms with E-state index in [0.29, 0.717) is 11.5 Å². The molecule has 1 aromatic heterocycles. The van der Waals surface area contributed by atoms with Gasteiger partial charge in [0, 0.05) is 6.07 Å². The zero-order chi connectivity index (χ0) is 13.8. The Morgan fingerprint density at radius 3 is 2.47 bits per heavy atom. The minimum atomic E-state index is -0.181. The number of rotatable bonds is 4. The van der Waals surface area contributed by atoms with Crippen LogP contribution in [0.4, 0.5) is 0 Å². The van der Waals surface area contributed by atoms with E-state index in [0.717, 1.165) is 0 Å². The summed E-state index contributed by atoms with van der Waals surface area (Å²) in [7, 11) is 0. The second kappa shape index (κ2) is 5.75. The number of aromatic nitrogens is 2. The van der Waals surface area contributed by atoms with Crippen LogP contribution in [0.5, 0.6) is 23.1 Å². The van der Waals surface area contributed by atoms with Crippen molar-refractivity contribution in [3.63, 3.8) is 0 Å². The molecule has 0 aliphatic heterocycles. The standard InChI is InChI=1S/C13H13ClN2O3/c1-8(2)18-10-5-3-4-6-11(10)19-13-9(17)7-12(14)15-16-13/h3-8H,1-2H3,(H,15,17). The van der Waals surface area contributed by atoms with E-state index in [1.807, 2.05) is 19.9 Å². The van der Waals surface area contributed by atoms with Crippen LogP contribution in [0.25, 0.3) is 0 Å². The molecule has 1 aromatic carbocycles. The van der Waals surface area contributed by atoms with Gasteiger partial charge in [-0.15, -0.1) is 10.2 Å². The van der Waals surface area contributed by atoms with Gasteiger partial charge < -0.3 is 14.6 Å². The Labute approximate surface area is 115 Å². The molecule has 6 heteroatoms. The highest BCUT2D eigenvalue weighted by Crippen LogP contribution is 2.34. The summed E-state index contributed by atoms with van der Waals surface area (Å²) in [5.41, 5.74) is 0. The van der Waals surface area contributed by atoms with E-state index in [1.165, 1.54) is 6.07 Å². The van der Waals surface area contributed by atoms with Gasteiger partial charge >= 0.3 is 0 Å². The summed E-state index contributed by atoms with van der Waals surface area (Å²) in [6.07, 6.45) is 0.00893. The number of benzene rings is 1. The fraction of sp³-hybridized carbons (Fsp3) is 0.231. The second-order valence-electron chi connectivity index (χ2n) is 4.07. The molecule has 0 unspecified atom stereocenters. The fourth-order valence-electron chi connectivity index (χ4n) is 1.41. The Balaban J connectivity index is 2.27. The lowest BCUT2D eigenvalue weighted by atomic mass is 10.3. The Hall–Kier alpha value is -2.01. The first-order valence-corrected chi connectivity index (χ1v) is 6.10. The van der Waals surface area contributed by atoms with Gasteiger partial charge in [0.2, 0.25) is 0 Å². The predicted molar refractivity (Wildman–Crippen MR) is 71.0 cm³/mol. The minimum absolute atomic E-state index is 0.00893. The molecule has 100 valence electrons. The van der Waals surface area contributed by atoms with Crippen molar-refractivity contribution in [3.05, 3.63) is 35.5 Å². The van der Waals surface area contributed by atoms with Crippen LogP contribution in [0.2, 0.25) is 5.15 Å². The first-order valence-electron chi connectivity index (χ1n) is 5.72. The largest absolute Gasteiger partial charge is 0.503 e. The summed E-state index contributed by atoms with van der Waals surface area (Å²) in [5.74, 6) is 0.806. The van der Waals surface area contributed by atoms with E-state index in [2.05, 4.69) is 10.2 Å². The van der Waals surface area contributed by atoms with Crippen molar-refractivity contribution in [1.82, 2.24) is 10.2 Å². The highest BCUT2D eigenvalue weighted by Gasteiger charge is 2.12. The molecule has 0 atom stereocenters. The van der Waals surface area contributed by atoms with Crippen LogP contribution in [0, 0.1) is 0 Å². The quantitative estimate of drug-likeness (QED) is 0.930. The Bertz CT molecular complexity index is 576. The highest BCUT2D eigenvalue weighted by atomic mass is 35.5. The topological polar surface area (TPSA) is 64.5 Å². The second-order valence-corrected chi connectivity index (χ2v) is 4.46. The predicted octanol–water partition coefficient (Wildman–Crippen LogP) is 3.42. The Morgan fingerprint density at radius 2 is 1.84 bits per heavy atom. The SMILES string of the molecule is CC(C)Oc1ccccc1Oc1nnc(Cl)cc1O. The Morgan fingerprint density at radius 1 is 1.16 bits per heavy atom. The first-order chi connectivity index (χ1) is 9.06. The molecule has 1 N–H and O–H groups in total. The molecule has 0 spiro atoms. The molecule has 0 saturated heterocycles. The summed E-state index contributed by atoms with van der Waals surface area (Å²) < 4.78 is 11.1. The van der Waals surface area contributed by atoms with Crippen LogP contribution in [0.1, 0.15) is 13.8 Å². The number of hydrogen-bond acceptors (Lipinski definition) is 5. The van der Waals surface area contributed by atoms with Crippen LogP contribution >= 0.6 is 11.6 Å². The van der Waals surface area contributed by atoms with Crippen molar-refractivity contribution in [2.24, 2.45) is 0 Å². The average Bonchev–Trinajstić information content (AvgIpc) is 2.34. The smallest absolute Gasteiger partial charge is 0.281 e. The molecule has 0 bridgehead atoms. The number of para-hydroxylation sites is 2. The third-order valence-corrected chi connectivity index (χ3v) is 2.31. The van der Waals surface area contributed by atoms with Gasteiger partial charge in [0.1, 0.15) is 0 Å². The third-order valence-electron chi connectivity index (χ3n) is 2.13. The molecule has 0 radical (unpaired) electrons. The molecule has 0 saturated carbocycles. The van der Waals surface area contributed by atoms with Gasteiger partial charge in [-0.1, -0.05) is 23.7 Å². The first kappa shape index (κ1) is 13.4. The van der Waals surface area contributed by atoms with Gasteiger partial charge in [-0.3, -0.25) is 0 Å². The molecule has 5 nitrogen and oxygen atoms in total. The van der Waals surface area contributed by atoms with Gasteiger partial charge in [-0.25, -0.2) is 0 Å². The van der Waals surface area contributed by atoms with E-state index in [-0.39, 0.29) is 22.9 Å². The van der Waals surface area contributed by atoms with Crippen molar-refractivity contribution >= 4 is 11.6 Å². The van der Waals surface area contributed by atoms with Crippen LogP contribution in [0.15, 0.2) is 30.3 Å². The molecule has 0 amide bonds. The van der Waals surface area contributed by atoms with Crippen molar-refractivity contribution in [1.29, 1.82) is 0 Å². The van der Waals surface area contributed by atoms with Crippen LogP contribution in [-0.4, -0.2) is 21.4 Å². The number of nitrogens with zero attached hydrogens (tertiary/aromatic N) is 2. The Kier molecular flexibility index (Phi) is 4.06. The average molecular weight is 281 g/mol. The van der Waals surface area contributed by atoms with Crippen molar-refractivity contribution in [2.75, 3.05) is 0 Å². The molecule has 0 aliphatic carbocycles. The maximum atomic E-state index is 9.67. The van der Waals surface area contributed by atoms with E-state index in [1.54, 1.807) is 18.2 Å². The van der Waals surface area contributed by atoms with Crippen molar-refractivity contribution < 1.29 is 14.6 Å². The number of halogens is 1. The summed E-state index contributed by atoms with van der Waals surface area (Å²) in [5, 5.41) is 17.1. The molecule has 0 fully saturated rings. The maximum Gasteiger partial charge on any atom is 0.281 e. The molecule has 2 aromatic rings. The van der Waals surface area contributed by atoms with Crippen LogP contribution in [0.3, 0.4) is 0 Å². The van der Waals surface area contributed by atoms with Gasteiger partial charge in [-0.05, 0) is 26.0 Å². The van der Waals surface area contributed by atoms with Gasteiger partial charge in [0.25, 0.3) is 5.88 Å². The lowest BCUT2D eigenvalue weighted by Gasteiger charge is -2.14. The van der Waals surface area contributed by atoms with E-state index >= 15 is 0 Å². The summed E-state index contributed by atoms with van der Waals surface area (Å²) in [4.78, 5) is 0. The van der Waals surface area contributed by atoms with Gasteiger partial charge in [0.15, 0.2) is 22.4 Å². The summed E-state index contributed by atoms with van der Waals surface area (Å²) >= 11 is 5.61. The molecule has 0 aliphatic rings. The lowest BCUT2D eigenvalue weighted by molar-refractivity contribution is 0.232. The van der Waals surface area contributed by atoms with Crippen LogP contribution in [-0.2, 0) is 0 Å². The van der Waals surface area contributed by atoms with E-state index < -0.39 is 0 Å². The number of hydrogen-bond donors (Lipinski definition) is 1. The molecule has 19 heavy (non-hydrogen) atoms. The molecule has 1 heterocycles. The summed E-state index contributed by atoms with van der Waals surface area (Å²) in [6.45, 7) is 3.83. The normalized spacial score (nSPS) is 10.5. The minimum Gasteiger partial charge on any atom is -0.503 e. The maximum absolute atomic E-state index is 9.67. The van der Waals surface area contributed by atoms with Gasteiger partial charge in [-0.2, -0.15) is 0 Å². The molecular formula is C13H13ClN2O3. The highest BCUT2D eigenvalue weighted by molar-refractivity contribution is 6.29. The monoisotopic (exact) mass is 280 g/mol. The third kappa shape index (κ3) is 3.48. The summed E-state index contributed by atoms with van der Waals surface area (Å²) in [6, 6.07) is 8.37. The zero-order valence-electron chi connectivity index (χ0n) is 10.5. The van der Waals surface area contributed by atoms with E-state index in [4.69, 9.17) is 21.1 Å². The fourth-order valence-corrected chi connectivity index (χ4v) is 1.55. The van der Waals surface area contributed by atoms with Crippen molar-refractivity contribution in [3.8, 4) is 23.1 Å². The zero-order valence-corrected chi connectivity index (χ0v) is 11.3. The van der Waals surface area contributed by atoms with E-state index in [9.17, 15) is 5.11 Å². The van der Waals surface area contributed by atoms with Crippen molar-refractivity contribution in [2.45, 2.75) is 20.0 Å². The number of ether oxygens (including phenoxy) is 2.